The Morgan fingerprint density at radius 1 is 1.50 bits per heavy atom. The first-order valence-corrected chi connectivity index (χ1v) is 4.15. The predicted molar refractivity (Wildman–Crippen MR) is 48.2 cm³/mol. The zero-order valence-electron chi connectivity index (χ0n) is 6.90. The first-order valence-electron chi connectivity index (χ1n) is 2.54. The number of nitriles is 1. The van der Waals surface area contributed by atoms with Crippen molar-refractivity contribution in [3.05, 3.63) is 25.3 Å². The summed E-state index contributed by atoms with van der Waals surface area (Å²) in [6, 6.07) is 1.69. The van der Waals surface area contributed by atoms with Crippen molar-refractivity contribution in [1.29, 1.82) is 5.26 Å². The van der Waals surface area contributed by atoms with Gasteiger partial charge in [0.25, 0.3) is 10.1 Å². The molecule has 0 aliphatic heterocycles. The van der Waals surface area contributed by atoms with Crippen LogP contribution in [0.3, 0.4) is 0 Å². The second-order valence-corrected chi connectivity index (χ2v) is 2.87. The molecule has 1 radical (unpaired) electrons. The van der Waals surface area contributed by atoms with E-state index in [0.29, 0.717) is 0 Å². The second-order valence-electron chi connectivity index (χ2n) is 1.37. The van der Waals surface area contributed by atoms with Gasteiger partial charge < -0.3 is 0 Å². The van der Waals surface area contributed by atoms with Gasteiger partial charge in [0.05, 0.1) is 11.8 Å². The maximum atomic E-state index is 9.72. The third-order valence-electron chi connectivity index (χ3n) is 0.420. The van der Waals surface area contributed by atoms with Gasteiger partial charge in [-0.05, 0) is 0 Å². The largest absolute Gasteiger partial charge is 0.285 e. The molecule has 0 spiro atoms. The number of nitrogens with zero attached hydrogens (tertiary/aromatic N) is 1. The van der Waals surface area contributed by atoms with Gasteiger partial charge in [-0.2, -0.15) is 13.7 Å². The molecule has 0 fully saturated rings. The number of hydrogen-bond donors (Lipinski definition) is 1. The van der Waals surface area contributed by atoms with Gasteiger partial charge in [-0.1, -0.05) is 12.7 Å². The minimum absolute atomic E-state index is 0. The first kappa shape index (κ1) is 17.8. The van der Waals surface area contributed by atoms with Gasteiger partial charge in [0.15, 0.2) is 0 Å². The summed E-state index contributed by atoms with van der Waals surface area (Å²) in [5.74, 6) is -0.368. The standard InChI is InChI=1S/C3H3N.C3H6O3S.Na/c1-2-3-4;1-2-3-7(4,5)6;/h2H,1H2;2H,1,3H2,(H,4,5,6);. The zero-order chi connectivity index (χ0) is 9.33. The van der Waals surface area contributed by atoms with E-state index >= 15 is 0 Å². The van der Waals surface area contributed by atoms with Crippen molar-refractivity contribution in [1.82, 2.24) is 0 Å². The number of allylic oxidation sites excluding steroid dienone is 1. The van der Waals surface area contributed by atoms with Crippen molar-refractivity contribution in [3.8, 4) is 6.07 Å². The predicted octanol–water partition coefficient (Wildman–Crippen LogP) is 0.375. The fourth-order valence-corrected chi connectivity index (χ4v) is 0.447. The number of rotatable bonds is 2. The molecule has 1 N–H and O–H groups in total. The molecule has 0 rings (SSSR count). The van der Waals surface area contributed by atoms with Crippen LogP contribution in [0, 0.1) is 11.3 Å². The summed E-state index contributed by atoms with van der Waals surface area (Å²) in [6.45, 7) is 6.22. The monoisotopic (exact) mass is 198 g/mol. The van der Waals surface area contributed by atoms with E-state index in [2.05, 4.69) is 13.2 Å². The van der Waals surface area contributed by atoms with E-state index in [1.54, 1.807) is 6.07 Å². The van der Waals surface area contributed by atoms with Crippen LogP contribution in [0.1, 0.15) is 0 Å². The van der Waals surface area contributed by atoms with Crippen LogP contribution < -0.4 is 0 Å². The van der Waals surface area contributed by atoms with E-state index in [1.165, 1.54) is 6.08 Å². The molecule has 12 heavy (non-hydrogen) atoms. The normalized spacial score (nSPS) is 7.67. The average Bonchev–Trinajstić information content (AvgIpc) is 1.86. The van der Waals surface area contributed by atoms with E-state index in [1.807, 2.05) is 0 Å². The molecule has 0 saturated carbocycles. The smallest absolute Gasteiger partial charge is 0.268 e. The van der Waals surface area contributed by atoms with Crippen molar-refractivity contribution in [2.75, 3.05) is 5.75 Å². The molecule has 0 amide bonds. The fourth-order valence-electron chi connectivity index (χ4n) is 0.149. The molecule has 0 saturated heterocycles. The van der Waals surface area contributed by atoms with Gasteiger partial charge in [-0.3, -0.25) is 4.55 Å². The first-order chi connectivity index (χ1) is 4.97. The topological polar surface area (TPSA) is 78.2 Å². The molecular formula is C6H9NNaO3S. The summed E-state index contributed by atoms with van der Waals surface area (Å²) in [6.07, 6.45) is 2.30. The summed E-state index contributed by atoms with van der Waals surface area (Å²) in [7, 11) is -3.79. The van der Waals surface area contributed by atoms with Crippen molar-refractivity contribution in [3.63, 3.8) is 0 Å². The second kappa shape index (κ2) is 10.9. The average molecular weight is 198 g/mol. The van der Waals surface area contributed by atoms with Crippen LogP contribution in [0.5, 0.6) is 0 Å². The van der Waals surface area contributed by atoms with E-state index < -0.39 is 10.1 Å². The Hall–Kier alpha value is -0.120. The molecule has 0 aromatic carbocycles. The van der Waals surface area contributed by atoms with E-state index in [-0.39, 0.29) is 35.3 Å². The summed E-state index contributed by atoms with van der Waals surface area (Å²) in [5.41, 5.74) is 0. The third-order valence-corrected chi connectivity index (χ3v) is 1.08. The molecule has 0 unspecified atom stereocenters. The molecular weight excluding hydrogens is 189 g/mol. The molecule has 0 aliphatic rings. The molecule has 0 heterocycles. The zero-order valence-corrected chi connectivity index (χ0v) is 9.71. The van der Waals surface area contributed by atoms with Crippen LogP contribution in [0.4, 0.5) is 0 Å². The summed E-state index contributed by atoms with van der Waals surface area (Å²) >= 11 is 0. The van der Waals surface area contributed by atoms with E-state index in [4.69, 9.17) is 9.81 Å². The molecule has 6 heteroatoms. The summed E-state index contributed by atoms with van der Waals surface area (Å²) in [4.78, 5) is 0. The van der Waals surface area contributed by atoms with E-state index in [9.17, 15) is 8.42 Å². The van der Waals surface area contributed by atoms with Crippen LogP contribution in [-0.2, 0) is 10.1 Å². The Labute approximate surface area is 94.6 Å². The van der Waals surface area contributed by atoms with Crippen molar-refractivity contribution < 1.29 is 13.0 Å². The summed E-state index contributed by atoms with van der Waals surface area (Å²) < 4.78 is 27.3. The molecule has 4 nitrogen and oxygen atoms in total. The maximum absolute atomic E-state index is 9.72. The van der Waals surface area contributed by atoms with Crippen molar-refractivity contribution in [2.24, 2.45) is 0 Å². The molecule has 0 atom stereocenters. The minimum atomic E-state index is -3.79. The SMILES string of the molecule is C=CC#N.C=CCS(=O)(=O)O.[Na]. The maximum Gasteiger partial charge on any atom is 0.268 e. The van der Waals surface area contributed by atoms with Crippen LogP contribution in [0.15, 0.2) is 25.3 Å². The molecule has 0 aromatic heterocycles. The van der Waals surface area contributed by atoms with Crippen molar-refractivity contribution >= 4 is 39.7 Å². The summed E-state index contributed by atoms with van der Waals surface area (Å²) in [5, 5.41) is 7.51. The Morgan fingerprint density at radius 3 is 1.83 bits per heavy atom. The van der Waals surface area contributed by atoms with Crippen LogP contribution in [-0.4, -0.2) is 48.3 Å². The molecule has 0 bridgehead atoms. The van der Waals surface area contributed by atoms with Gasteiger partial charge >= 0.3 is 0 Å². The van der Waals surface area contributed by atoms with Gasteiger partial charge in [0, 0.05) is 35.6 Å². The van der Waals surface area contributed by atoms with Gasteiger partial charge in [-0.15, -0.1) is 6.58 Å². The van der Waals surface area contributed by atoms with E-state index in [0.717, 1.165) is 6.08 Å². The van der Waals surface area contributed by atoms with Crippen LogP contribution in [0.25, 0.3) is 0 Å². The molecule has 63 valence electrons. The van der Waals surface area contributed by atoms with Crippen LogP contribution >= 0.6 is 0 Å². The quantitative estimate of drug-likeness (QED) is 0.301. The fraction of sp³-hybridized carbons (Fsp3) is 0.167. The third kappa shape index (κ3) is 32.7. The molecule has 0 aromatic rings. The van der Waals surface area contributed by atoms with Gasteiger partial charge in [0.2, 0.25) is 0 Å². The number of hydrogen-bond acceptors (Lipinski definition) is 3. The van der Waals surface area contributed by atoms with Crippen molar-refractivity contribution in [2.45, 2.75) is 0 Å². The van der Waals surface area contributed by atoms with Gasteiger partial charge in [-0.25, -0.2) is 0 Å². The Bertz CT molecular complexity index is 252. The Morgan fingerprint density at radius 2 is 1.83 bits per heavy atom. The van der Waals surface area contributed by atoms with Gasteiger partial charge in [0.1, 0.15) is 0 Å². The molecule has 0 aliphatic carbocycles. The Kier molecular flexibility index (Phi) is 16.2. The van der Waals surface area contributed by atoms with Crippen LogP contribution in [0.2, 0.25) is 0 Å². The Balaban J connectivity index is -0.000000142. The minimum Gasteiger partial charge on any atom is -0.285 e.